The normalized spacial score (nSPS) is 13.3. The van der Waals surface area contributed by atoms with E-state index in [0.29, 0.717) is 49.1 Å². The number of benzene rings is 2. The Kier molecular flexibility index (Phi) is 11.5. The van der Waals surface area contributed by atoms with Gasteiger partial charge in [0, 0.05) is 32.1 Å². The first-order chi connectivity index (χ1) is 19.2. The maximum atomic E-state index is 13.6. The van der Waals surface area contributed by atoms with Crippen molar-refractivity contribution < 1.29 is 32.2 Å². The molecule has 0 bridgehead atoms. The van der Waals surface area contributed by atoms with E-state index in [1.165, 1.54) is 4.31 Å². The molecule has 1 heterocycles. The second-order valence-corrected chi connectivity index (χ2v) is 11.6. The summed E-state index contributed by atoms with van der Waals surface area (Å²) in [6.07, 6.45) is 3.74. The number of ether oxygens (including phenoxy) is 3. The highest BCUT2D eigenvalue weighted by Gasteiger charge is 2.29. The number of unbranched alkanes of at least 4 members (excludes halogenated alkanes) is 1. The molecule has 40 heavy (non-hydrogen) atoms. The van der Waals surface area contributed by atoms with Gasteiger partial charge in [0.05, 0.1) is 19.1 Å². The van der Waals surface area contributed by atoms with Crippen molar-refractivity contribution in [3.63, 3.8) is 0 Å². The van der Waals surface area contributed by atoms with Gasteiger partial charge in [-0.1, -0.05) is 32.4 Å². The fourth-order valence-electron chi connectivity index (χ4n) is 4.54. The van der Waals surface area contributed by atoms with Gasteiger partial charge in [-0.3, -0.25) is 13.9 Å². The first-order valence-electron chi connectivity index (χ1n) is 13.7. The number of methoxy groups -OCH3 is 1. The predicted octanol–water partition coefficient (Wildman–Crippen LogP) is 3.74. The molecule has 3 rings (SSSR count). The smallest absolute Gasteiger partial charge is 0.242 e. The average molecular weight is 576 g/mol. The van der Waals surface area contributed by atoms with Crippen LogP contribution >= 0.6 is 0 Å². The lowest BCUT2D eigenvalue weighted by Gasteiger charge is -2.31. The minimum absolute atomic E-state index is 0.0749. The Morgan fingerprint density at radius 1 is 1.02 bits per heavy atom. The van der Waals surface area contributed by atoms with Gasteiger partial charge in [-0.05, 0) is 49.1 Å². The minimum Gasteiger partial charge on any atom is -0.497 e. The van der Waals surface area contributed by atoms with Crippen LogP contribution in [0.2, 0.25) is 0 Å². The second-order valence-electron chi connectivity index (χ2n) is 9.70. The molecular weight excluding hydrogens is 534 g/mol. The molecule has 0 aromatic heterocycles. The van der Waals surface area contributed by atoms with Crippen molar-refractivity contribution in [3.05, 3.63) is 48.0 Å². The zero-order valence-electron chi connectivity index (χ0n) is 23.9. The van der Waals surface area contributed by atoms with Gasteiger partial charge in [0.1, 0.15) is 25.0 Å². The topological polar surface area (TPSA) is 114 Å². The number of fused-ring (bicyclic) bond motifs is 1. The first kappa shape index (κ1) is 31.1. The molecule has 0 radical (unpaired) electrons. The standard InChI is InChI=1S/C29H41N3O7S/c1-5-7-16-30-29(34)25(6-2)31(21-22-10-13-24(37-3)14-11-22)28(33)9-8-17-32(40(4,35)36)23-12-15-26-27(20-23)39-19-18-38-26/h10-15,20,25H,5-9,16-19,21H2,1-4H3,(H,30,34). The fourth-order valence-corrected chi connectivity index (χ4v) is 5.50. The Morgan fingerprint density at radius 2 is 1.73 bits per heavy atom. The summed E-state index contributed by atoms with van der Waals surface area (Å²) < 4.78 is 43.0. The van der Waals surface area contributed by atoms with Crippen LogP contribution in [0.25, 0.3) is 0 Å². The quantitative estimate of drug-likeness (QED) is 0.322. The van der Waals surface area contributed by atoms with Gasteiger partial charge in [-0.15, -0.1) is 0 Å². The summed E-state index contributed by atoms with van der Waals surface area (Å²) in [5.74, 6) is 1.34. The van der Waals surface area contributed by atoms with E-state index in [1.807, 2.05) is 38.1 Å². The number of hydrogen-bond acceptors (Lipinski definition) is 7. The van der Waals surface area contributed by atoms with Crippen LogP contribution in [-0.2, 0) is 26.2 Å². The second kappa shape index (κ2) is 14.8. The monoisotopic (exact) mass is 575 g/mol. The van der Waals surface area contributed by atoms with Gasteiger partial charge >= 0.3 is 0 Å². The van der Waals surface area contributed by atoms with Crippen LogP contribution in [0.4, 0.5) is 5.69 Å². The number of rotatable bonds is 15. The Bertz CT molecular complexity index is 1230. The van der Waals surface area contributed by atoms with E-state index < -0.39 is 16.1 Å². The van der Waals surface area contributed by atoms with Crippen molar-refractivity contribution in [3.8, 4) is 17.2 Å². The average Bonchev–Trinajstić information content (AvgIpc) is 2.94. The Balaban J connectivity index is 1.75. The summed E-state index contributed by atoms with van der Waals surface area (Å²) in [5.41, 5.74) is 1.30. The summed E-state index contributed by atoms with van der Waals surface area (Å²) >= 11 is 0. The Hall–Kier alpha value is -3.47. The van der Waals surface area contributed by atoms with Gasteiger partial charge < -0.3 is 24.4 Å². The molecule has 0 spiro atoms. The molecule has 11 heteroatoms. The number of anilines is 1. The molecule has 1 N–H and O–H groups in total. The molecule has 0 saturated heterocycles. The largest absolute Gasteiger partial charge is 0.497 e. The third kappa shape index (κ3) is 8.51. The van der Waals surface area contributed by atoms with E-state index in [2.05, 4.69) is 5.32 Å². The van der Waals surface area contributed by atoms with E-state index >= 15 is 0 Å². The van der Waals surface area contributed by atoms with Crippen LogP contribution in [0.15, 0.2) is 42.5 Å². The van der Waals surface area contributed by atoms with E-state index in [0.717, 1.165) is 24.7 Å². The lowest BCUT2D eigenvalue weighted by atomic mass is 10.1. The van der Waals surface area contributed by atoms with Crippen molar-refractivity contribution in [2.75, 3.05) is 44.0 Å². The van der Waals surface area contributed by atoms with Gasteiger partial charge in [0.2, 0.25) is 21.8 Å². The van der Waals surface area contributed by atoms with Crippen molar-refractivity contribution in [1.82, 2.24) is 10.2 Å². The third-order valence-electron chi connectivity index (χ3n) is 6.69. The molecule has 0 aliphatic carbocycles. The molecule has 1 unspecified atom stereocenters. The molecule has 0 fully saturated rings. The SMILES string of the molecule is CCCCNC(=O)C(CC)N(Cc1ccc(OC)cc1)C(=O)CCCN(c1ccc2c(c1)OCCO2)S(C)(=O)=O. The molecular formula is C29H41N3O7S. The highest BCUT2D eigenvalue weighted by Crippen LogP contribution is 2.34. The molecule has 1 aliphatic heterocycles. The van der Waals surface area contributed by atoms with Crippen molar-refractivity contribution >= 4 is 27.5 Å². The lowest BCUT2D eigenvalue weighted by Crippen LogP contribution is -2.49. The fraction of sp³-hybridized carbons (Fsp3) is 0.517. The van der Waals surface area contributed by atoms with Crippen LogP contribution < -0.4 is 23.8 Å². The summed E-state index contributed by atoms with van der Waals surface area (Å²) in [6.45, 7) is 5.65. The number of hydrogen-bond donors (Lipinski definition) is 1. The summed E-state index contributed by atoms with van der Waals surface area (Å²) in [6, 6.07) is 11.7. The molecule has 2 amide bonds. The highest BCUT2D eigenvalue weighted by atomic mass is 32.2. The van der Waals surface area contributed by atoms with Gasteiger partial charge in [-0.25, -0.2) is 8.42 Å². The number of sulfonamides is 1. The minimum atomic E-state index is -3.63. The number of amides is 2. The van der Waals surface area contributed by atoms with Crippen molar-refractivity contribution in [1.29, 1.82) is 0 Å². The Morgan fingerprint density at radius 3 is 2.35 bits per heavy atom. The van der Waals surface area contributed by atoms with Gasteiger partial charge in [0.15, 0.2) is 11.5 Å². The third-order valence-corrected chi connectivity index (χ3v) is 7.89. The Labute approximate surface area is 237 Å². The van der Waals surface area contributed by atoms with Crippen LogP contribution in [0.5, 0.6) is 17.2 Å². The van der Waals surface area contributed by atoms with Crippen LogP contribution in [0, 0.1) is 0 Å². The predicted molar refractivity (Wildman–Crippen MR) is 154 cm³/mol. The molecule has 220 valence electrons. The van der Waals surface area contributed by atoms with Crippen molar-refractivity contribution in [2.45, 2.75) is 58.5 Å². The maximum Gasteiger partial charge on any atom is 0.242 e. The molecule has 0 saturated carbocycles. The van der Waals surface area contributed by atoms with Crippen LogP contribution in [0.3, 0.4) is 0 Å². The van der Waals surface area contributed by atoms with E-state index in [4.69, 9.17) is 14.2 Å². The van der Waals surface area contributed by atoms with Crippen LogP contribution in [0.1, 0.15) is 51.5 Å². The highest BCUT2D eigenvalue weighted by molar-refractivity contribution is 7.92. The number of carbonyl (C=O) groups is 2. The number of carbonyl (C=O) groups excluding carboxylic acids is 2. The van der Waals surface area contributed by atoms with Gasteiger partial charge in [0.25, 0.3) is 0 Å². The molecule has 1 atom stereocenters. The zero-order chi connectivity index (χ0) is 29.1. The molecule has 2 aromatic rings. The molecule has 10 nitrogen and oxygen atoms in total. The van der Waals surface area contributed by atoms with E-state index in [9.17, 15) is 18.0 Å². The number of nitrogens with zero attached hydrogens (tertiary/aromatic N) is 2. The van der Waals surface area contributed by atoms with Crippen LogP contribution in [-0.4, -0.2) is 70.8 Å². The lowest BCUT2D eigenvalue weighted by molar-refractivity contribution is -0.141. The first-order valence-corrected chi connectivity index (χ1v) is 15.6. The van der Waals surface area contributed by atoms with Crippen molar-refractivity contribution in [2.24, 2.45) is 0 Å². The summed E-state index contributed by atoms with van der Waals surface area (Å²) in [4.78, 5) is 28.2. The number of nitrogens with one attached hydrogen (secondary N) is 1. The molecule has 2 aromatic carbocycles. The molecule has 1 aliphatic rings. The van der Waals surface area contributed by atoms with E-state index in [1.54, 1.807) is 30.2 Å². The van der Waals surface area contributed by atoms with E-state index in [-0.39, 0.29) is 37.7 Å². The summed E-state index contributed by atoms with van der Waals surface area (Å²) in [7, 11) is -2.04. The maximum absolute atomic E-state index is 13.6. The zero-order valence-corrected chi connectivity index (χ0v) is 24.7. The summed E-state index contributed by atoms with van der Waals surface area (Å²) in [5, 5.41) is 2.95. The van der Waals surface area contributed by atoms with Gasteiger partial charge in [-0.2, -0.15) is 0 Å².